The monoisotopic (exact) mass is 1300 g/mol. The summed E-state index contributed by atoms with van der Waals surface area (Å²) in [6.45, 7) is 6.11. The molecule has 0 saturated carbocycles. The van der Waals surface area contributed by atoms with Crippen LogP contribution in [0, 0.1) is 0 Å². The summed E-state index contributed by atoms with van der Waals surface area (Å²) < 4.78 is 0. The second kappa shape index (κ2) is 25.9. The van der Waals surface area contributed by atoms with Crippen LogP contribution in [0.15, 0.2) is 340 Å². The molecule has 0 fully saturated rings. The highest BCUT2D eigenvalue weighted by Gasteiger charge is 2.48. The number of hydrogen-bond donors (Lipinski definition) is 4. The van der Waals surface area contributed by atoms with Gasteiger partial charge in [-0.05, 0) is 117 Å². The summed E-state index contributed by atoms with van der Waals surface area (Å²) in [6, 6.07) is 115. The maximum atomic E-state index is 12.7. The van der Waals surface area contributed by atoms with Crippen LogP contribution in [0.3, 0.4) is 0 Å². The maximum Gasteiger partial charge on any atom is 0.142 e. The third-order valence-electron chi connectivity index (χ3n) is 20.0. The van der Waals surface area contributed by atoms with Gasteiger partial charge in [0.2, 0.25) is 0 Å². The average molecular weight is 1300 g/mol. The van der Waals surface area contributed by atoms with Crippen molar-refractivity contribution in [3.05, 3.63) is 406 Å². The molecule has 484 valence electrons. The number of hydrogen-bond acceptors (Lipinski definition) is 6. The third-order valence-corrected chi connectivity index (χ3v) is 20.0. The lowest BCUT2D eigenvalue weighted by atomic mass is 9.79. The van der Waals surface area contributed by atoms with E-state index in [0.29, 0.717) is 0 Å². The molecule has 0 spiro atoms. The highest BCUT2D eigenvalue weighted by molar-refractivity contribution is 5.90. The van der Waals surface area contributed by atoms with Gasteiger partial charge in [-0.15, -0.1) is 0 Å². The molecule has 0 aromatic heterocycles. The van der Waals surface area contributed by atoms with Crippen LogP contribution in [0.1, 0.15) is 94.5 Å². The Hall–Kier alpha value is -11.7. The highest BCUT2D eigenvalue weighted by atomic mass is 16.3. The number of carbonyl (C=O) groups excluding carboxylic acids is 2. The number of benzene rings is 14. The predicted molar refractivity (Wildman–Crippen MR) is 403 cm³/mol. The quantitative estimate of drug-likeness (QED) is 0.120. The summed E-state index contributed by atoms with van der Waals surface area (Å²) in [4.78, 5) is 18.9. The van der Waals surface area contributed by atoms with Gasteiger partial charge in [0.15, 0.2) is 0 Å². The van der Waals surface area contributed by atoms with Crippen LogP contribution in [-0.2, 0) is 32.0 Å². The highest BCUT2D eigenvalue weighted by Crippen LogP contribution is 2.57. The number of fused-ring (bicyclic) bond motifs is 12. The molecule has 6 nitrogen and oxygen atoms in total. The minimum absolute atomic E-state index is 0.167. The Labute approximate surface area is 583 Å². The zero-order valence-corrected chi connectivity index (χ0v) is 55.9. The van der Waals surface area contributed by atoms with Gasteiger partial charge in [0.05, 0.1) is 0 Å². The molecular weight excluding hydrogens is 1230 g/mol. The van der Waals surface area contributed by atoms with Gasteiger partial charge in [-0.2, -0.15) is 0 Å². The molecule has 0 amide bonds. The standard InChI is InChI=1S/2C44H30O2.2C3H6O/c2*45-43(39-21-9-3-15-33(39)34-16-4-10-22-40(34)43)37-19-7-1-13-31(37)29-25-27-30(28-26-29)32-14-2-8-20-38(32)44(46)41-23-11-5-17-35(41)36-18-6-12-24-42(36)44;2*1-3(2)4/h2*1-28,45-46H;2*1-2H3. The van der Waals surface area contributed by atoms with Crippen molar-refractivity contribution >= 4 is 11.6 Å². The van der Waals surface area contributed by atoms with E-state index in [1.165, 1.54) is 27.7 Å². The zero-order chi connectivity index (χ0) is 68.9. The van der Waals surface area contributed by atoms with Gasteiger partial charge in [-0.1, -0.05) is 340 Å². The smallest absolute Gasteiger partial charge is 0.142 e. The van der Waals surface area contributed by atoms with E-state index in [1.807, 2.05) is 218 Å². The summed E-state index contributed by atoms with van der Waals surface area (Å²) in [5.74, 6) is 0.333. The van der Waals surface area contributed by atoms with Gasteiger partial charge in [0.25, 0.3) is 0 Å². The van der Waals surface area contributed by atoms with Crippen LogP contribution in [0.4, 0.5) is 0 Å². The average Bonchev–Trinajstić information content (AvgIpc) is 1.57. The van der Waals surface area contributed by atoms with Crippen molar-refractivity contribution < 1.29 is 30.0 Å². The number of aliphatic hydroxyl groups is 4. The number of rotatable bonds is 8. The van der Waals surface area contributed by atoms with Gasteiger partial charge >= 0.3 is 0 Å². The Kier molecular flexibility index (Phi) is 16.7. The van der Waals surface area contributed by atoms with Crippen molar-refractivity contribution in [3.8, 4) is 89.0 Å². The SMILES string of the molecule is CC(C)=O.CC(C)=O.OC1(c2ccccc2-c2ccc(-c3ccccc3C3(O)c4ccccc4-c4ccccc43)cc2)c2ccccc2-c2ccccc21.OC1(c2ccccc2-c2ccc(-c3ccccc3C3(O)c4ccccc4-c4ccccc43)cc2)c2ccccc2-c2ccccc21. The molecule has 0 saturated heterocycles. The maximum absolute atomic E-state index is 12.7. The van der Waals surface area contributed by atoms with Crippen LogP contribution in [-0.4, -0.2) is 32.0 Å². The zero-order valence-electron chi connectivity index (χ0n) is 55.9. The molecular formula is C94H72O6. The first kappa shape index (κ1) is 64.3. The lowest BCUT2D eigenvalue weighted by molar-refractivity contribution is -0.115. The molecule has 14 aromatic rings. The second-order valence-electron chi connectivity index (χ2n) is 26.4. The van der Waals surface area contributed by atoms with E-state index in [0.717, 1.165) is 156 Å². The van der Waals surface area contributed by atoms with E-state index in [4.69, 9.17) is 0 Å². The molecule has 14 aromatic carbocycles. The fraction of sp³-hybridized carbons (Fsp3) is 0.0851. The molecule has 4 aliphatic rings. The van der Waals surface area contributed by atoms with Gasteiger partial charge < -0.3 is 30.0 Å². The Bertz CT molecular complexity index is 4630. The van der Waals surface area contributed by atoms with Crippen LogP contribution in [0.5, 0.6) is 0 Å². The normalized spacial score (nSPS) is 14.0. The molecule has 18 rings (SSSR count). The molecule has 0 atom stereocenters. The molecule has 6 heteroatoms. The fourth-order valence-corrected chi connectivity index (χ4v) is 15.9. The van der Waals surface area contributed by atoms with Gasteiger partial charge in [-0.25, -0.2) is 0 Å². The Balaban J connectivity index is 0.000000147. The Morgan fingerprint density at radius 1 is 0.170 bits per heavy atom. The second-order valence-corrected chi connectivity index (χ2v) is 26.4. The number of Topliss-reactive ketones (excluding diaryl/α,β-unsaturated/α-hetero) is 2. The van der Waals surface area contributed by atoms with Crippen molar-refractivity contribution in [2.45, 2.75) is 50.1 Å². The van der Waals surface area contributed by atoms with Gasteiger partial charge in [-0.3, -0.25) is 0 Å². The summed E-state index contributed by atoms with van der Waals surface area (Å²) >= 11 is 0. The van der Waals surface area contributed by atoms with Crippen LogP contribution in [0.25, 0.3) is 89.0 Å². The minimum Gasteiger partial charge on any atom is -0.376 e. The first-order valence-corrected chi connectivity index (χ1v) is 33.9. The molecule has 100 heavy (non-hydrogen) atoms. The predicted octanol–water partition coefficient (Wildman–Crippen LogP) is 20.3. The van der Waals surface area contributed by atoms with Crippen LogP contribution < -0.4 is 0 Å². The summed E-state index contributed by atoms with van der Waals surface area (Å²) in [5.41, 5.74) is 22.0. The van der Waals surface area contributed by atoms with Crippen LogP contribution >= 0.6 is 0 Å². The van der Waals surface area contributed by atoms with E-state index < -0.39 is 22.4 Å². The fourth-order valence-electron chi connectivity index (χ4n) is 15.9. The van der Waals surface area contributed by atoms with E-state index in [2.05, 4.69) is 121 Å². The molecule has 0 radical (unpaired) electrons. The van der Waals surface area contributed by atoms with Crippen LogP contribution in [0.2, 0.25) is 0 Å². The first-order chi connectivity index (χ1) is 48.7. The minimum atomic E-state index is -1.28. The molecule has 0 heterocycles. The lowest BCUT2D eigenvalue weighted by Crippen LogP contribution is -2.27. The third kappa shape index (κ3) is 10.5. The summed E-state index contributed by atoms with van der Waals surface area (Å²) in [5, 5.41) is 50.6. The molecule has 0 unspecified atom stereocenters. The molecule has 0 bridgehead atoms. The molecule has 4 aliphatic carbocycles. The lowest BCUT2D eigenvalue weighted by Gasteiger charge is -2.29. The van der Waals surface area contributed by atoms with Crippen molar-refractivity contribution in [3.63, 3.8) is 0 Å². The molecule has 4 N–H and O–H groups in total. The van der Waals surface area contributed by atoms with Gasteiger partial charge in [0.1, 0.15) is 34.0 Å². The van der Waals surface area contributed by atoms with Crippen molar-refractivity contribution in [2.24, 2.45) is 0 Å². The largest absolute Gasteiger partial charge is 0.376 e. The summed E-state index contributed by atoms with van der Waals surface area (Å²) in [7, 11) is 0. The number of carbonyl (C=O) groups is 2. The van der Waals surface area contributed by atoms with Gasteiger partial charge in [0, 0.05) is 66.8 Å². The number of ketones is 2. The van der Waals surface area contributed by atoms with E-state index in [9.17, 15) is 30.0 Å². The molecule has 0 aliphatic heterocycles. The first-order valence-electron chi connectivity index (χ1n) is 33.9. The Morgan fingerprint density at radius 3 is 0.380 bits per heavy atom. The van der Waals surface area contributed by atoms with E-state index >= 15 is 0 Å². The van der Waals surface area contributed by atoms with E-state index in [1.54, 1.807) is 0 Å². The van der Waals surface area contributed by atoms with Crippen molar-refractivity contribution in [1.82, 2.24) is 0 Å². The van der Waals surface area contributed by atoms with Crippen molar-refractivity contribution in [2.75, 3.05) is 0 Å². The van der Waals surface area contributed by atoms with E-state index in [-0.39, 0.29) is 11.6 Å². The summed E-state index contributed by atoms with van der Waals surface area (Å²) in [6.07, 6.45) is 0. The topological polar surface area (TPSA) is 115 Å². The van der Waals surface area contributed by atoms with Crippen molar-refractivity contribution in [1.29, 1.82) is 0 Å². The Morgan fingerprint density at radius 2 is 0.260 bits per heavy atom.